The summed E-state index contributed by atoms with van der Waals surface area (Å²) in [4.78, 5) is 11.9. The summed E-state index contributed by atoms with van der Waals surface area (Å²) in [6, 6.07) is 14.8. The lowest BCUT2D eigenvalue weighted by molar-refractivity contribution is -0.137. The van der Waals surface area contributed by atoms with Crippen molar-refractivity contribution in [1.29, 1.82) is 0 Å². The van der Waals surface area contributed by atoms with Crippen molar-refractivity contribution in [3.8, 4) is 5.75 Å². The number of hydrogen-bond donors (Lipinski definition) is 0. The molecule has 0 spiro atoms. The molecule has 2 aromatic rings. The minimum atomic E-state index is -0.389. The van der Waals surface area contributed by atoms with Crippen molar-refractivity contribution in [2.75, 3.05) is 13.7 Å². The number of rotatable bonds is 5. The molecular weight excluding hydrogens is 300 g/mol. The average Bonchev–Trinajstić information content (AvgIpc) is 2.53. The summed E-state index contributed by atoms with van der Waals surface area (Å²) in [7, 11) is 1.60. The highest BCUT2D eigenvalue weighted by molar-refractivity contribution is 6.30. The zero-order valence-corrected chi connectivity index (χ0v) is 13.3. The van der Waals surface area contributed by atoms with Gasteiger partial charge in [-0.2, -0.15) is 0 Å². The highest BCUT2D eigenvalue weighted by Crippen LogP contribution is 2.28. The third kappa shape index (κ3) is 4.12. The van der Waals surface area contributed by atoms with Crippen LogP contribution in [-0.4, -0.2) is 19.7 Å². The van der Waals surface area contributed by atoms with E-state index in [4.69, 9.17) is 21.1 Å². The van der Waals surface area contributed by atoms with Gasteiger partial charge in [-0.25, -0.2) is 4.79 Å². The van der Waals surface area contributed by atoms with Gasteiger partial charge in [0.25, 0.3) is 0 Å². The van der Waals surface area contributed by atoms with Crippen LogP contribution in [0.5, 0.6) is 5.75 Å². The van der Waals surface area contributed by atoms with Crippen LogP contribution in [0.1, 0.15) is 18.1 Å². The van der Waals surface area contributed by atoms with Crippen LogP contribution in [0.3, 0.4) is 0 Å². The SMILES string of the molecule is CCOC(=O)/C=C(\c1cccc(Cl)c1)c1cccc(OC)c1. The lowest BCUT2D eigenvalue weighted by atomic mass is 9.97. The van der Waals surface area contributed by atoms with Crippen LogP contribution in [0.4, 0.5) is 0 Å². The summed E-state index contributed by atoms with van der Waals surface area (Å²) in [6.45, 7) is 2.10. The Morgan fingerprint density at radius 3 is 2.45 bits per heavy atom. The van der Waals surface area contributed by atoms with Crippen LogP contribution < -0.4 is 4.74 Å². The molecule has 0 atom stereocenters. The fourth-order valence-electron chi connectivity index (χ4n) is 2.08. The van der Waals surface area contributed by atoms with Crippen molar-refractivity contribution in [2.24, 2.45) is 0 Å². The number of esters is 1. The predicted molar refractivity (Wildman–Crippen MR) is 88.2 cm³/mol. The van der Waals surface area contributed by atoms with E-state index in [9.17, 15) is 4.79 Å². The number of methoxy groups -OCH3 is 1. The Hall–Kier alpha value is -2.26. The van der Waals surface area contributed by atoms with Crippen LogP contribution >= 0.6 is 11.6 Å². The van der Waals surface area contributed by atoms with Crippen LogP contribution in [0.25, 0.3) is 5.57 Å². The molecule has 2 rings (SSSR count). The van der Waals surface area contributed by atoms with E-state index in [1.807, 2.05) is 42.5 Å². The lowest BCUT2D eigenvalue weighted by Crippen LogP contribution is -2.02. The van der Waals surface area contributed by atoms with Crippen LogP contribution in [0, 0.1) is 0 Å². The van der Waals surface area contributed by atoms with Gasteiger partial charge in [-0.3, -0.25) is 0 Å². The second-order valence-electron chi connectivity index (χ2n) is 4.55. The Morgan fingerprint density at radius 1 is 1.14 bits per heavy atom. The molecule has 0 aliphatic heterocycles. The van der Waals surface area contributed by atoms with Gasteiger partial charge in [0.15, 0.2) is 0 Å². The van der Waals surface area contributed by atoms with Crippen LogP contribution in [0.2, 0.25) is 5.02 Å². The second-order valence-corrected chi connectivity index (χ2v) is 4.99. The molecule has 0 unspecified atom stereocenters. The standard InChI is InChI=1S/C18H17ClO3/c1-3-22-18(20)12-17(13-6-4-8-15(19)10-13)14-7-5-9-16(11-14)21-2/h4-12H,3H2,1-2H3/b17-12+. The van der Waals surface area contributed by atoms with E-state index in [1.165, 1.54) is 6.08 Å². The molecule has 0 aliphatic carbocycles. The number of carbonyl (C=O) groups excluding carboxylic acids is 1. The summed E-state index contributed by atoms with van der Waals surface area (Å²) < 4.78 is 10.3. The topological polar surface area (TPSA) is 35.5 Å². The third-order valence-electron chi connectivity index (χ3n) is 3.07. The predicted octanol–water partition coefficient (Wildman–Crippen LogP) is 4.34. The van der Waals surface area contributed by atoms with Gasteiger partial charge in [-0.15, -0.1) is 0 Å². The Balaban J connectivity index is 2.52. The Bertz CT molecular complexity index is 692. The monoisotopic (exact) mass is 316 g/mol. The van der Waals surface area contributed by atoms with E-state index in [0.29, 0.717) is 17.4 Å². The molecule has 22 heavy (non-hydrogen) atoms. The number of ether oxygens (including phenoxy) is 2. The van der Waals surface area contributed by atoms with Crippen molar-refractivity contribution in [3.05, 3.63) is 70.8 Å². The number of carbonyl (C=O) groups is 1. The van der Waals surface area contributed by atoms with E-state index in [-0.39, 0.29) is 5.97 Å². The number of benzene rings is 2. The molecule has 0 heterocycles. The molecule has 114 valence electrons. The zero-order chi connectivity index (χ0) is 15.9. The molecule has 0 saturated heterocycles. The van der Waals surface area contributed by atoms with Crippen molar-refractivity contribution in [2.45, 2.75) is 6.92 Å². The summed E-state index contributed by atoms with van der Waals surface area (Å²) >= 11 is 6.06. The van der Waals surface area contributed by atoms with Gasteiger partial charge in [-0.05, 0) is 47.9 Å². The molecule has 3 nitrogen and oxygen atoms in total. The lowest BCUT2D eigenvalue weighted by Gasteiger charge is -2.10. The number of hydrogen-bond acceptors (Lipinski definition) is 3. The molecule has 0 N–H and O–H groups in total. The minimum Gasteiger partial charge on any atom is -0.497 e. The van der Waals surface area contributed by atoms with E-state index in [2.05, 4.69) is 0 Å². The Labute approximate surface area is 135 Å². The molecular formula is C18H17ClO3. The first-order valence-corrected chi connectivity index (χ1v) is 7.30. The fraction of sp³-hybridized carbons (Fsp3) is 0.167. The molecule has 2 aromatic carbocycles. The second kappa shape index (κ2) is 7.66. The van der Waals surface area contributed by atoms with Gasteiger partial charge in [0.2, 0.25) is 0 Å². The van der Waals surface area contributed by atoms with Crippen molar-refractivity contribution >= 4 is 23.1 Å². The summed E-state index contributed by atoms with van der Waals surface area (Å²) in [5.41, 5.74) is 2.43. The molecule has 0 radical (unpaired) electrons. The number of halogens is 1. The van der Waals surface area contributed by atoms with Gasteiger partial charge in [0.1, 0.15) is 5.75 Å². The molecule has 0 saturated carbocycles. The summed E-state index contributed by atoms with van der Waals surface area (Å²) in [6.07, 6.45) is 1.48. The smallest absolute Gasteiger partial charge is 0.331 e. The highest BCUT2D eigenvalue weighted by Gasteiger charge is 2.10. The molecule has 0 bridgehead atoms. The van der Waals surface area contributed by atoms with Crippen LogP contribution in [-0.2, 0) is 9.53 Å². The normalized spacial score (nSPS) is 11.1. The van der Waals surface area contributed by atoms with E-state index in [1.54, 1.807) is 20.1 Å². The maximum atomic E-state index is 11.9. The maximum Gasteiger partial charge on any atom is 0.331 e. The quantitative estimate of drug-likeness (QED) is 0.608. The van der Waals surface area contributed by atoms with E-state index < -0.39 is 0 Å². The van der Waals surface area contributed by atoms with Gasteiger partial charge in [-0.1, -0.05) is 35.9 Å². The average molecular weight is 317 g/mol. The Kier molecular flexibility index (Phi) is 5.61. The first kappa shape index (κ1) is 16.1. The fourth-order valence-corrected chi connectivity index (χ4v) is 2.27. The van der Waals surface area contributed by atoms with E-state index in [0.717, 1.165) is 16.7 Å². The largest absolute Gasteiger partial charge is 0.497 e. The van der Waals surface area contributed by atoms with E-state index >= 15 is 0 Å². The van der Waals surface area contributed by atoms with Gasteiger partial charge in [0.05, 0.1) is 13.7 Å². The molecule has 0 aliphatic rings. The molecule has 0 fully saturated rings. The van der Waals surface area contributed by atoms with Crippen molar-refractivity contribution < 1.29 is 14.3 Å². The third-order valence-corrected chi connectivity index (χ3v) is 3.30. The molecule has 4 heteroatoms. The summed E-state index contributed by atoms with van der Waals surface area (Å²) in [5.74, 6) is 0.328. The maximum absolute atomic E-state index is 11.9. The summed E-state index contributed by atoms with van der Waals surface area (Å²) in [5, 5.41) is 0.607. The van der Waals surface area contributed by atoms with Crippen molar-refractivity contribution in [1.82, 2.24) is 0 Å². The Morgan fingerprint density at radius 2 is 1.82 bits per heavy atom. The van der Waals surface area contributed by atoms with Gasteiger partial charge < -0.3 is 9.47 Å². The van der Waals surface area contributed by atoms with Gasteiger partial charge >= 0.3 is 5.97 Å². The first-order chi connectivity index (χ1) is 10.6. The molecule has 0 amide bonds. The minimum absolute atomic E-state index is 0.330. The highest BCUT2D eigenvalue weighted by atomic mass is 35.5. The van der Waals surface area contributed by atoms with Crippen LogP contribution in [0.15, 0.2) is 54.6 Å². The molecule has 0 aromatic heterocycles. The zero-order valence-electron chi connectivity index (χ0n) is 12.5. The van der Waals surface area contributed by atoms with Crippen molar-refractivity contribution in [3.63, 3.8) is 0 Å². The first-order valence-electron chi connectivity index (χ1n) is 6.93. The van der Waals surface area contributed by atoms with Gasteiger partial charge in [0, 0.05) is 11.1 Å².